The molecule has 3 heteroatoms. The number of pyridine rings is 1. The van der Waals surface area contributed by atoms with Crippen molar-refractivity contribution in [3.8, 4) is 0 Å². The van der Waals surface area contributed by atoms with Gasteiger partial charge in [-0.15, -0.1) is 0 Å². The number of hydrogen-bond donors (Lipinski definition) is 1. The van der Waals surface area contributed by atoms with Gasteiger partial charge in [0.05, 0.1) is 0 Å². The first-order valence-electron chi connectivity index (χ1n) is 5.62. The third-order valence-corrected chi connectivity index (χ3v) is 3.66. The molecule has 0 fully saturated rings. The second kappa shape index (κ2) is 5.34. The Bertz CT molecular complexity index is 495. The molecule has 2 aromatic rings. The summed E-state index contributed by atoms with van der Waals surface area (Å²) < 4.78 is 0. The van der Waals surface area contributed by atoms with Crippen LogP contribution in [0.3, 0.4) is 0 Å². The van der Waals surface area contributed by atoms with Crippen molar-refractivity contribution >= 4 is 11.8 Å². The molecule has 0 radical (unpaired) electrons. The van der Waals surface area contributed by atoms with Gasteiger partial charge in [-0.25, -0.2) is 4.98 Å². The van der Waals surface area contributed by atoms with E-state index in [4.69, 9.17) is 5.73 Å². The summed E-state index contributed by atoms with van der Waals surface area (Å²) in [5.41, 5.74) is 8.10. The third-order valence-electron chi connectivity index (χ3n) is 2.53. The molecule has 1 atom stereocenters. The highest BCUT2D eigenvalue weighted by molar-refractivity contribution is 7.99. The third kappa shape index (κ3) is 3.08. The molecule has 0 spiro atoms. The van der Waals surface area contributed by atoms with Gasteiger partial charge >= 0.3 is 0 Å². The maximum absolute atomic E-state index is 5.84. The van der Waals surface area contributed by atoms with E-state index in [0.29, 0.717) is 0 Å². The van der Waals surface area contributed by atoms with Crippen LogP contribution in [0.4, 0.5) is 0 Å². The number of nitrogens with two attached hydrogens (primary N) is 1. The monoisotopic (exact) mass is 244 g/mol. The average Bonchev–Trinajstić information content (AvgIpc) is 2.33. The number of aryl methyl sites for hydroxylation is 1. The normalized spacial score (nSPS) is 12.4. The molecule has 1 heterocycles. The number of hydrogen-bond acceptors (Lipinski definition) is 3. The van der Waals surface area contributed by atoms with Crippen molar-refractivity contribution in [3.63, 3.8) is 0 Å². The Morgan fingerprint density at radius 2 is 1.94 bits per heavy atom. The Morgan fingerprint density at radius 1 is 1.24 bits per heavy atom. The highest BCUT2D eigenvalue weighted by Gasteiger charge is 2.06. The van der Waals surface area contributed by atoms with Crippen LogP contribution in [0.1, 0.15) is 24.1 Å². The number of benzene rings is 1. The van der Waals surface area contributed by atoms with Gasteiger partial charge in [0.25, 0.3) is 0 Å². The minimum absolute atomic E-state index is 0.0389. The number of rotatable bonds is 3. The van der Waals surface area contributed by atoms with Gasteiger partial charge in [-0.3, -0.25) is 0 Å². The lowest BCUT2D eigenvalue weighted by Gasteiger charge is -2.09. The Kier molecular flexibility index (Phi) is 3.82. The molecule has 0 amide bonds. The van der Waals surface area contributed by atoms with Crippen LogP contribution < -0.4 is 5.73 Å². The molecule has 1 aromatic carbocycles. The van der Waals surface area contributed by atoms with Crippen molar-refractivity contribution in [3.05, 3.63) is 53.7 Å². The maximum Gasteiger partial charge on any atom is 0.104 e. The van der Waals surface area contributed by atoms with Gasteiger partial charge in [-0.1, -0.05) is 36.0 Å². The summed E-state index contributed by atoms with van der Waals surface area (Å²) in [5.74, 6) is 0. The molecule has 0 saturated heterocycles. The first-order chi connectivity index (χ1) is 8.16. The zero-order chi connectivity index (χ0) is 12.3. The average molecular weight is 244 g/mol. The molecule has 2 nitrogen and oxygen atoms in total. The fraction of sp³-hybridized carbons (Fsp3) is 0.214. The second-order valence-electron chi connectivity index (χ2n) is 4.09. The van der Waals surface area contributed by atoms with E-state index in [9.17, 15) is 0 Å². The van der Waals surface area contributed by atoms with E-state index in [2.05, 4.69) is 30.1 Å². The lowest BCUT2D eigenvalue weighted by atomic mass is 10.1. The summed E-state index contributed by atoms with van der Waals surface area (Å²) in [6.45, 7) is 4.05. The van der Waals surface area contributed by atoms with Gasteiger partial charge in [0.15, 0.2) is 0 Å². The zero-order valence-corrected chi connectivity index (χ0v) is 10.9. The van der Waals surface area contributed by atoms with Crippen molar-refractivity contribution < 1.29 is 0 Å². The summed E-state index contributed by atoms with van der Waals surface area (Å²) in [6.07, 6.45) is 1.86. The molecule has 2 rings (SSSR count). The molecule has 17 heavy (non-hydrogen) atoms. The predicted octanol–water partition coefficient (Wildman–Crippen LogP) is 3.56. The van der Waals surface area contributed by atoms with Crippen LogP contribution in [0.15, 0.2) is 52.5 Å². The molecule has 0 aliphatic rings. The van der Waals surface area contributed by atoms with E-state index in [-0.39, 0.29) is 6.04 Å². The SMILES string of the molecule is Cc1cc([C@@H](C)N)cnc1Sc1ccccc1. The van der Waals surface area contributed by atoms with E-state index < -0.39 is 0 Å². The van der Waals surface area contributed by atoms with Gasteiger partial charge in [0.2, 0.25) is 0 Å². The van der Waals surface area contributed by atoms with Crippen molar-refractivity contribution in [1.29, 1.82) is 0 Å². The molecule has 0 aliphatic carbocycles. The molecule has 88 valence electrons. The summed E-state index contributed by atoms with van der Waals surface area (Å²) >= 11 is 1.68. The van der Waals surface area contributed by atoms with Gasteiger partial charge in [0.1, 0.15) is 5.03 Å². The predicted molar refractivity (Wildman–Crippen MR) is 72.1 cm³/mol. The van der Waals surface area contributed by atoms with E-state index in [0.717, 1.165) is 10.6 Å². The van der Waals surface area contributed by atoms with E-state index in [1.165, 1.54) is 10.5 Å². The quantitative estimate of drug-likeness (QED) is 0.897. The van der Waals surface area contributed by atoms with Crippen molar-refractivity contribution in [2.45, 2.75) is 29.8 Å². The fourth-order valence-corrected chi connectivity index (χ4v) is 2.38. The Morgan fingerprint density at radius 3 is 2.53 bits per heavy atom. The van der Waals surface area contributed by atoms with Crippen LogP contribution >= 0.6 is 11.8 Å². The Balaban J connectivity index is 2.23. The second-order valence-corrected chi connectivity index (χ2v) is 5.16. The fourth-order valence-electron chi connectivity index (χ4n) is 1.54. The highest BCUT2D eigenvalue weighted by atomic mass is 32.2. The molecule has 0 aliphatic heterocycles. The van der Waals surface area contributed by atoms with Crippen molar-refractivity contribution in [2.75, 3.05) is 0 Å². The maximum atomic E-state index is 5.84. The van der Waals surface area contributed by atoms with Gasteiger partial charge in [-0.05, 0) is 37.1 Å². The molecule has 1 aromatic heterocycles. The first-order valence-corrected chi connectivity index (χ1v) is 6.43. The van der Waals surface area contributed by atoms with Crippen LogP contribution in [0.2, 0.25) is 0 Å². The molecule has 0 saturated carbocycles. The lowest BCUT2D eigenvalue weighted by molar-refractivity contribution is 0.802. The van der Waals surface area contributed by atoms with E-state index >= 15 is 0 Å². The van der Waals surface area contributed by atoms with Gasteiger partial charge in [0, 0.05) is 17.1 Å². The van der Waals surface area contributed by atoms with Gasteiger partial charge in [-0.2, -0.15) is 0 Å². The number of nitrogens with zero attached hydrogens (tertiary/aromatic N) is 1. The van der Waals surface area contributed by atoms with Crippen LogP contribution in [-0.2, 0) is 0 Å². The summed E-state index contributed by atoms with van der Waals surface area (Å²) in [7, 11) is 0. The van der Waals surface area contributed by atoms with Crippen molar-refractivity contribution in [2.24, 2.45) is 5.73 Å². The molecule has 0 bridgehead atoms. The molecular formula is C14H16N2S. The standard InChI is InChI=1S/C14H16N2S/c1-10-8-12(11(2)15)9-16-14(10)17-13-6-4-3-5-7-13/h3-9,11H,15H2,1-2H3/t11-/m1/s1. The summed E-state index contributed by atoms with van der Waals surface area (Å²) in [5, 5.41) is 1.04. The van der Waals surface area contributed by atoms with Crippen LogP contribution in [0, 0.1) is 6.92 Å². The minimum atomic E-state index is 0.0389. The summed E-state index contributed by atoms with van der Waals surface area (Å²) in [4.78, 5) is 5.68. The Labute approximate surface area is 106 Å². The molecular weight excluding hydrogens is 228 g/mol. The largest absolute Gasteiger partial charge is 0.324 e. The van der Waals surface area contributed by atoms with Crippen LogP contribution in [-0.4, -0.2) is 4.98 Å². The smallest absolute Gasteiger partial charge is 0.104 e. The molecule has 0 unspecified atom stereocenters. The molecule has 2 N–H and O–H groups in total. The van der Waals surface area contributed by atoms with Gasteiger partial charge < -0.3 is 5.73 Å². The summed E-state index contributed by atoms with van der Waals surface area (Å²) in [6, 6.07) is 12.4. The van der Waals surface area contributed by atoms with Crippen LogP contribution in [0.25, 0.3) is 0 Å². The number of aromatic nitrogens is 1. The highest BCUT2D eigenvalue weighted by Crippen LogP contribution is 2.28. The topological polar surface area (TPSA) is 38.9 Å². The zero-order valence-electron chi connectivity index (χ0n) is 10.1. The minimum Gasteiger partial charge on any atom is -0.324 e. The van der Waals surface area contributed by atoms with Crippen LogP contribution in [0.5, 0.6) is 0 Å². The van der Waals surface area contributed by atoms with E-state index in [1.54, 1.807) is 11.8 Å². The Hall–Kier alpha value is -1.32. The lowest BCUT2D eigenvalue weighted by Crippen LogP contribution is -2.06. The van der Waals surface area contributed by atoms with E-state index in [1.807, 2.05) is 31.3 Å². The van der Waals surface area contributed by atoms with Crippen molar-refractivity contribution in [1.82, 2.24) is 4.98 Å². The first kappa shape index (κ1) is 12.1.